The van der Waals surface area contributed by atoms with E-state index in [2.05, 4.69) is 36.4 Å². The summed E-state index contributed by atoms with van der Waals surface area (Å²) in [5.74, 6) is 0. The predicted octanol–water partition coefficient (Wildman–Crippen LogP) is 4.03. The highest BCUT2D eigenvalue weighted by Gasteiger charge is 2.09. The molecule has 5 heteroatoms. The van der Waals surface area contributed by atoms with E-state index in [0.717, 1.165) is 22.3 Å². The highest BCUT2D eigenvalue weighted by atomic mass is 35.5. The quantitative estimate of drug-likeness (QED) is 0.904. The zero-order valence-corrected chi connectivity index (χ0v) is 13.8. The smallest absolute Gasteiger partial charge is 0.0987 e. The Morgan fingerprint density at radius 1 is 1.35 bits per heavy atom. The van der Waals surface area contributed by atoms with Crippen LogP contribution in [0.1, 0.15) is 25.1 Å². The largest absolute Gasteiger partial charge is 0.310 e. The van der Waals surface area contributed by atoms with E-state index in [0.29, 0.717) is 6.04 Å². The minimum absolute atomic E-state index is 0.450. The maximum absolute atomic E-state index is 6.12. The summed E-state index contributed by atoms with van der Waals surface area (Å²) in [6, 6.07) is 8.59. The van der Waals surface area contributed by atoms with Gasteiger partial charge < -0.3 is 5.32 Å². The van der Waals surface area contributed by atoms with E-state index >= 15 is 0 Å². The van der Waals surface area contributed by atoms with E-state index in [1.807, 2.05) is 30.8 Å². The van der Waals surface area contributed by atoms with Crippen molar-refractivity contribution in [2.45, 2.75) is 43.3 Å². The van der Waals surface area contributed by atoms with Gasteiger partial charge in [-0.15, -0.1) is 0 Å². The van der Waals surface area contributed by atoms with Crippen molar-refractivity contribution >= 4 is 23.4 Å². The van der Waals surface area contributed by atoms with Crippen LogP contribution < -0.4 is 5.32 Å². The van der Waals surface area contributed by atoms with E-state index in [4.69, 9.17) is 11.6 Å². The third kappa shape index (κ3) is 4.01. The van der Waals surface area contributed by atoms with Gasteiger partial charge in [0, 0.05) is 29.6 Å². The molecule has 1 aromatic heterocycles. The van der Waals surface area contributed by atoms with E-state index in [-0.39, 0.29) is 0 Å². The fraction of sp³-hybridized carbons (Fsp3) is 0.400. The van der Waals surface area contributed by atoms with Gasteiger partial charge in [0.1, 0.15) is 0 Å². The predicted molar refractivity (Wildman–Crippen MR) is 85.5 cm³/mol. The van der Waals surface area contributed by atoms with Crippen LogP contribution in [0.2, 0.25) is 5.02 Å². The Bertz CT molecular complexity index is 593. The molecule has 0 saturated carbocycles. The molecule has 0 spiro atoms. The SMILES string of the molecule is Cc1cc(Sc2ccc(Cl)cc2CNC(C)C)n(C)n1. The average molecular weight is 310 g/mol. The first-order valence-electron chi connectivity index (χ1n) is 6.66. The number of nitrogens with zero attached hydrogens (tertiary/aromatic N) is 2. The number of halogens is 1. The first-order chi connectivity index (χ1) is 9.45. The molecule has 0 bridgehead atoms. The molecule has 2 rings (SSSR count). The number of aryl methyl sites for hydroxylation is 2. The van der Waals surface area contributed by atoms with Gasteiger partial charge in [0.05, 0.1) is 10.7 Å². The van der Waals surface area contributed by atoms with Crippen LogP contribution in [0.3, 0.4) is 0 Å². The normalized spacial score (nSPS) is 11.3. The molecule has 0 aliphatic carbocycles. The van der Waals surface area contributed by atoms with Gasteiger partial charge in [0.25, 0.3) is 0 Å². The van der Waals surface area contributed by atoms with Crippen LogP contribution in [-0.4, -0.2) is 15.8 Å². The standard InChI is InChI=1S/C15H20ClN3S/c1-10(2)17-9-12-8-13(16)5-6-14(12)20-15-7-11(3)18-19(15)4/h5-8,10,17H,9H2,1-4H3. The second-order valence-electron chi connectivity index (χ2n) is 5.14. The van der Waals surface area contributed by atoms with Crippen LogP contribution in [-0.2, 0) is 13.6 Å². The molecule has 20 heavy (non-hydrogen) atoms. The summed E-state index contributed by atoms with van der Waals surface area (Å²) in [6.45, 7) is 7.11. The maximum Gasteiger partial charge on any atom is 0.0987 e. The van der Waals surface area contributed by atoms with E-state index in [1.54, 1.807) is 11.8 Å². The Balaban J connectivity index is 2.24. The van der Waals surface area contributed by atoms with Crippen LogP contribution >= 0.6 is 23.4 Å². The number of hydrogen-bond donors (Lipinski definition) is 1. The van der Waals surface area contributed by atoms with Crippen LogP contribution in [0, 0.1) is 6.92 Å². The van der Waals surface area contributed by atoms with Crippen molar-refractivity contribution in [3.8, 4) is 0 Å². The van der Waals surface area contributed by atoms with E-state index < -0.39 is 0 Å². The molecular formula is C15H20ClN3S. The Hall–Kier alpha value is -0.970. The van der Waals surface area contributed by atoms with Gasteiger partial charge in [0.2, 0.25) is 0 Å². The van der Waals surface area contributed by atoms with Crippen molar-refractivity contribution in [2.75, 3.05) is 0 Å². The average Bonchev–Trinajstić information content (AvgIpc) is 2.68. The van der Waals surface area contributed by atoms with E-state index in [1.165, 1.54) is 10.5 Å². The molecule has 0 saturated heterocycles. The molecular weight excluding hydrogens is 290 g/mol. The minimum atomic E-state index is 0.450. The van der Waals surface area contributed by atoms with Crippen molar-refractivity contribution in [3.05, 3.63) is 40.5 Å². The summed E-state index contributed by atoms with van der Waals surface area (Å²) in [5.41, 5.74) is 2.25. The zero-order valence-electron chi connectivity index (χ0n) is 12.3. The van der Waals surface area contributed by atoms with Crippen molar-refractivity contribution < 1.29 is 0 Å². The van der Waals surface area contributed by atoms with Crippen LogP contribution in [0.4, 0.5) is 0 Å². The van der Waals surface area contributed by atoms with Crippen molar-refractivity contribution in [1.82, 2.24) is 15.1 Å². The Labute approximate surface area is 129 Å². The third-order valence-corrected chi connectivity index (χ3v) is 4.34. The summed E-state index contributed by atoms with van der Waals surface area (Å²) in [6.07, 6.45) is 0. The first-order valence-corrected chi connectivity index (χ1v) is 7.85. The van der Waals surface area contributed by atoms with Gasteiger partial charge in [-0.1, -0.05) is 37.2 Å². The molecule has 0 atom stereocenters. The number of benzene rings is 1. The summed E-state index contributed by atoms with van der Waals surface area (Å²) in [5, 5.41) is 9.73. The zero-order chi connectivity index (χ0) is 14.7. The molecule has 0 fully saturated rings. The lowest BCUT2D eigenvalue weighted by atomic mass is 10.2. The molecule has 108 valence electrons. The molecule has 0 radical (unpaired) electrons. The van der Waals surface area contributed by atoms with Gasteiger partial charge >= 0.3 is 0 Å². The lowest BCUT2D eigenvalue weighted by Crippen LogP contribution is -2.22. The second kappa shape index (κ2) is 6.66. The first kappa shape index (κ1) is 15.4. The topological polar surface area (TPSA) is 29.9 Å². The number of nitrogens with one attached hydrogen (secondary N) is 1. The highest BCUT2D eigenvalue weighted by Crippen LogP contribution is 2.32. The maximum atomic E-state index is 6.12. The van der Waals surface area contributed by atoms with Crippen LogP contribution in [0.5, 0.6) is 0 Å². The van der Waals surface area contributed by atoms with Crippen molar-refractivity contribution in [2.24, 2.45) is 7.05 Å². The van der Waals surface area contributed by atoms with Crippen molar-refractivity contribution in [1.29, 1.82) is 0 Å². The van der Waals surface area contributed by atoms with Gasteiger partial charge in [0.15, 0.2) is 0 Å². The van der Waals surface area contributed by atoms with Crippen LogP contribution in [0.25, 0.3) is 0 Å². The molecule has 0 aliphatic heterocycles. The molecule has 0 aliphatic rings. The van der Waals surface area contributed by atoms with Gasteiger partial charge in [-0.2, -0.15) is 5.10 Å². The third-order valence-electron chi connectivity index (χ3n) is 2.90. The number of hydrogen-bond acceptors (Lipinski definition) is 3. The van der Waals surface area contributed by atoms with Gasteiger partial charge in [-0.25, -0.2) is 0 Å². The van der Waals surface area contributed by atoms with E-state index in [9.17, 15) is 0 Å². The summed E-state index contributed by atoms with van der Waals surface area (Å²) in [4.78, 5) is 1.21. The molecule has 3 nitrogen and oxygen atoms in total. The molecule has 2 aromatic rings. The Kier molecular flexibility index (Phi) is 5.13. The lowest BCUT2D eigenvalue weighted by molar-refractivity contribution is 0.584. The Morgan fingerprint density at radius 2 is 2.10 bits per heavy atom. The number of rotatable bonds is 5. The summed E-state index contributed by atoms with van der Waals surface area (Å²) in [7, 11) is 1.97. The molecule has 1 aromatic carbocycles. The molecule has 0 unspecified atom stereocenters. The summed E-state index contributed by atoms with van der Waals surface area (Å²) >= 11 is 7.84. The highest BCUT2D eigenvalue weighted by molar-refractivity contribution is 7.99. The molecule has 1 N–H and O–H groups in total. The Morgan fingerprint density at radius 3 is 2.70 bits per heavy atom. The fourth-order valence-electron chi connectivity index (χ4n) is 1.89. The van der Waals surface area contributed by atoms with Crippen LogP contribution in [0.15, 0.2) is 34.2 Å². The lowest BCUT2D eigenvalue weighted by Gasteiger charge is -2.13. The molecule has 0 amide bonds. The number of aromatic nitrogens is 2. The van der Waals surface area contributed by atoms with Gasteiger partial charge in [-0.05, 0) is 36.8 Å². The monoisotopic (exact) mass is 309 g/mol. The fourth-order valence-corrected chi connectivity index (χ4v) is 3.12. The summed E-state index contributed by atoms with van der Waals surface area (Å²) < 4.78 is 1.91. The van der Waals surface area contributed by atoms with Gasteiger partial charge in [-0.3, -0.25) is 4.68 Å². The minimum Gasteiger partial charge on any atom is -0.310 e. The van der Waals surface area contributed by atoms with Crippen molar-refractivity contribution in [3.63, 3.8) is 0 Å². The molecule has 1 heterocycles. The second-order valence-corrected chi connectivity index (χ2v) is 6.64.